The smallest absolute Gasteiger partial charge is 0.422 e. The number of carbonyl (C=O) groups is 1. The number of methoxy groups -OCH3 is 1. The van der Waals surface area contributed by atoms with E-state index in [0.717, 1.165) is 35.7 Å². The van der Waals surface area contributed by atoms with Crippen LogP contribution in [0, 0.1) is 0 Å². The van der Waals surface area contributed by atoms with Gasteiger partial charge < -0.3 is 14.2 Å². The Morgan fingerprint density at radius 2 is 1.74 bits per heavy atom. The Morgan fingerprint density at radius 1 is 1.09 bits per heavy atom. The number of sulfonamides is 2. The lowest BCUT2D eigenvalue weighted by atomic mass is 10.2. The van der Waals surface area contributed by atoms with Crippen LogP contribution < -0.4 is 9.46 Å². The Kier molecular flexibility index (Phi) is 7.93. The van der Waals surface area contributed by atoms with E-state index in [9.17, 15) is 34.8 Å². The van der Waals surface area contributed by atoms with Gasteiger partial charge in [0.25, 0.3) is 10.0 Å². The van der Waals surface area contributed by atoms with E-state index >= 15 is 0 Å². The lowest BCUT2D eigenvalue weighted by Gasteiger charge is -2.26. The third-order valence-corrected chi connectivity index (χ3v) is 8.09. The van der Waals surface area contributed by atoms with Gasteiger partial charge in [0.2, 0.25) is 10.0 Å². The number of carbonyl (C=O) groups excluding carboxylic acids is 1. The Bertz CT molecular complexity index is 1290. The van der Waals surface area contributed by atoms with Crippen molar-refractivity contribution in [2.24, 2.45) is 0 Å². The summed E-state index contributed by atoms with van der Waals surface area (Å²) < 4.78 is 108. The van der Waals surface area contributed by atoms with Crippen LogP contribution in [0.25, 0.3) is 0 Å². The molecule has 2 aromatic rings. The predicted molar refractivity (Wildman–Crippen MR) is 116 cm³/mol. The van der Waals surface area contributed by atoms with Crippen LogP contribution in [0.4, 0.5) is 18.9 Å². The summed E-state index contributed by atoms with van der Waals surface area (Å²) in [5.41, 5.74) is -0.902. The van der Waals surface area contributed by atoms with Gasteiger partial charge in [0.15, 0.2) is 6.61 Å². The fourth-order valence-electron chi connectivity index (χ4n) is 3.15. The van der Waals surface area contributed by atoms with E-state index in [1.807, 2.05) is 4.72 Å². The number of nitrogens with one attached hydrogen (secondary N) is 1. The number of rotatable bonds is 8. The first-order valence-electron chi connectivity index (χ1n) is 9.97. The monoisotopic (exact) mass is 538 g/mol. The van der Waals surface area contributed by atoms with Crippen molar-refractivity contribution in [3.8, 4) is 5.75 Å². The molecule has 10 nitrogen and oxygen atoms in total. The molecule has 0 amide bonds. The molecule has 1 N–H and O–H groups in total. The molecule has 1 heterocycles. The second-order valence-electron chi connectivity index (χ2n) is 7.17. The fraction of sp³-hybridized carbons (Fsp3) is 0.350. The van der Waals surface area contributed by atoms with Crippen LogP contribution in [-0.2, 0) is 29.5 Å². The van der Waals surface area contributed by atoms with E-state index < -0.39 is 55.1 Å². The molecule has 2 aromatic carbocycles. The van der Waals surface area contributed by atoms with Gasteiger partial charge in [-0.1, -0.05) is 12.1 Å². The van der Waals surface area contributed by atoms with Gasteiger partial charge in [-0.3, -0.25) is 4.72 Å². The first kappa shape index (κ1) is 26.7. The van der Waals surface area contributed by atoms with Crippen LogP contribution >= 0.6 is 0 Å². The van der Waals surface area contributed by atoms with Crippen molar-refractivity contribution in [2.75, 3.05) is 44.7 Å². The first-order valence-corrected chi connectivity index (χ1v) is 12.9. The summed E-state index contributed by atoms with van der Waals surface area (Å²) in [5, 5.41) is 0. The van der Waals surface area contributed by atoms with Crippen LogP contribution in [0.3, 0.4) is 0 Å². The van der Waals surface area contributed by atoms with Crippen LogP contribution in [0.1, 0.15) is 10.4 Å². The first-order chi connectivity index (χ1) is 16.3. The van der Waals surface area contributed by atoms with Gasteiger partial charge in [-0.25, -0.2) is 21.6 Å². The summed E-state index contributed by atoms with van der Waals surface area (Å²) in [4.78, 5) is 11.1. The van der Waals surface area contributed by atoms with Gasteiger partial charge in [-0.15, -0.1) is 0 Å². The topological polar surface area (TPSA) is 128 Å². The number of morpholine rings is 1. The maximum atomic E-state index is 13.1. The molecule has 0 spiro atoms. The Morgan fingerprint density at radius 3 is 2.37 bits per heavy atom. The van der Waals surface area contributed by atoms with E-state index in [1.165, 1.54) is 18.2 Å². The number of hydrogen-bond donors (Lipinski definition) is 1. The molecule has 3 rings (SSSR count). The zero-order valence-electron chi connectivity index (χ0n) is 18.2. The highest BCUT2D eigenvalue weighted by molar-refractivity contribution is 7.92. The molecule has 0 aromatic heterocycles. The summed E-state index contributed by atoms with van der Waals surface area (Å²) in [6, 6.07) is 7.76. The maximum absolute atomic E-state index is 13.1. The van der Waals surface area contributed by atoms with Crippen molar-refractivity contribution in [1.29, 1.82) is 0 Å². The normalized spacial score (nSPS) is 15.4. The molecule has 0 saturated carbocycles. The average molecular weight is 539 g/mol. The number of ether oxygens (including phenoxy) is 3. The molecule has 15 heteroatoms. The van der Waals surface area contributed by atoms with Crippen molar-refractivity contribution >= 4 is 31.7 Å². The summed E-state index contributed by atoms with van der Waals surface area (Å²) in [6.07, 6.45) is -4.74. The minimum Gasteiger partial charge on any atom is -0.482 e. The third kappa shape index (κ3) is 6.42. The minimum atomic E-state index is -4.74. The van der Waals surface area contributed by atoms with Crippen LogP contribution in [-0.4, -0.2) is 73.3 Å². The van der Waals surface area contributed by atoms with E-state index in [0.29, 0.717) is 0 Å². The van der Waals surface area contributed by atoms with Crippen molar-refractivity contribution in [2.45, 2.75) is 16.0 Å². The van der Waals surface area contributed by atoms with Gasteiger partial charge in [-0.05, 0) is 30.3 Å². The largest absolute Gasteiger partial charge is 0.482 e. The molecule has 0 radical (unpaired) electrons. The average Bonchev–Trinajstić information content (AvgIpc) is 2.82. The van der Waals surface area contributed by atoms with E-state index in [2.05, 4.69) is 4.74 Å². The molecule has 1 aliphatic heterocycles. The van der Waals surface area contributed by atoms with Gasteiger partial charge in [0.05, 0.1) is 36.5 Å². The van der Waals surface area contributed by atoms with Crippen LogP contribution in [0.15, 0.2) is 52.3 Å². The third-order valence-electron chi connectivity index (χ3n) is 4.78. The highest BCUT2D eigenvalue weighted by atomic mass is 32.2. The molecule has 0 bridgehead atoms. The molecule has 1 aliphatic rings. The van der Waals surface area contributed by atoms with E-state index in [4.69, 9.17) is 9.47 Å². The summed E-state index contributed by atoms with van der Waals surface area (Å²) in [5.74, 6) is -1.54. The van der Waals surface area contributed by atoms with Crippen molar-refractivity contribution in [3.63, 3.8) is 0 Å². The molecule has 1 fully saturated rings. The second kappa shape index (κ2) is 10.4. The van der Waals surface area contributed by atoms with E-state index in [1.54, 1.807) is 0 Å². The number of esters is 1. The quantitative estimate of drug-likeness (QED) is 0.507. The number of hydrogen-bond acceptors (Lipinski definition) is 8. The zero-order valence-corrected chi connectivity index (χ0v) is 19.9. The predicted octanol–water partition coefficient (Wildman–Crippen LogP) is 2.24. The number of nitrogens with zero attached hydrogens (tertiary/aromatic N) is 1. The molecule has 35 heavy (non-hydrogen) atoms. The lowest BCUT2D eigenvalue weighted by Crippen LogP contribution is -2.40. The van der Waals surface area contributed by atoms with Crippen molar-refractivity contribution in [1.82, 2.24) is 4.31 Å². The number of alkyl halides is 3. The van der Waals surface area contributed by atoms with Crippen molar-refractivity contribution in [3.05, 3.63) is 48.0 Å². The van der Waals surface area contributed by atoms with Crippen LogP contribution in [0.2, 0.25) is 0 Å². The van der Waals surface area contributed by atoms with Gasteiger partial charge >= 0.3 is 12.1 Å². The number of anilines is 1. The summed E-state index contributed by atoms with van der Waals surface area (Å²) in [7, 11) is -7.68. The highest BCUT2D eigenvalue weighted by Gasteiger charge is 2.31. The Balaban J connectivity index is 2.05. The molecule has 0 unspecified atom stereocenters. The fourth-order valence-corrected chi connectivity index (χ4v) is 5.84. The molecule has 0 aliphatic carbocycles. The van der Waals surface area contributed by atoms with Gasteiger partial charge in [0, 0.05) is 13.1 Å². The molecular weight excluding hydrogens is 517 g/mol. The standard InChI is InChI=1S/C20H21F3N2O8S2/c1-31-19(26)15-4-2-3-5-18(15)34(27,28)24-16-12-14(6-7-17(16)33-13-20(21,22)23)35(29,30)25-8-10-32-11-9-25/h2-7,12,24H,8-11,13H2,1H3. The highest BCUT2D eigenvalue weighted by Crippen LogP contribution is 2.33. The minimum absolute atomic E-state index is 0.0439. The number of benzene rings is 2. The van der Waals surface area contributed by atoms with Gasteiger partial charge in [0.1, 0.15) is 10.6 Å². The molecular formula is C20H21F3N2O8S2. The molecule has 0 atom stereocenters. The second-order valence-corrected chi connectivity index (χ2v) is 10.8. The molecule has 1 saturated heterocycles. The van der Waals surface area contributed by atoms with Gasteiger partial charge in [-0.2, -0.15) is 17.5 Å². The molecule has 192 valence electrons. The SMILES string of the molecule is COC(=O)c1ccccc1S(=O)(=O)Nc1cc(S(=O)(=O)N2CCOCC2)ccc1OCC(F)(F)F. The number of halogens is 3. The van der Waals surface area contributed by atoms with Crippen LogP contribution in [0.5, 0.6) is 5.75 Å². The summed E-state index contributed by atoms with van der Waals surface area (Å²) in [6.45, 7) is -1.37. The maximum Gasteiger partial charge on any atom is 0.422 e. The Labute approximate surface area is 199 Å². The summed E-state index contributed by atoms with van der Waals surface area (Å²) >= 11 is 0. The Hall–Kier alpha value is -2.88. The zero-order chi connectivity index (χ0) is 25.9. The van der Waals surface area contributed by atoms with E-state index in [-0.39, 0.29) is 36.8 Å². The lowest BCUT2D eigenvalue weighted by molar-refractivity contribution is -0.153. The van der Waals surface area contributed by atoms with Crippen molar-refractivity contribution < 1.29 is 49.0 Å².